The van der Waals surface area contributed by atoms with Crippen molar-refractivity contribution in [1.29, 1.82) is 0 Å². The van der Waals surface area contributed by atoms with Crippen LogP contribution in [0.4, 0.5) is 11.4 Å². The molecule has 0 radical (unpaired) electrons. The highest BCUT2D eigenvalue weighted by atomic mass is 16.5. The van der Waals surface area contributed by atoms with E-state index in [0.717, 1.165) is 24.5 Å². The topological polar surface area (TPSA) is 55.6 Å². The molecule has 2 N–H and O–H groups in total. The average Bonchev–Trinajstić information content (AvgIpc) is 2.92. The number of ether oxygens (including phenoxy) is 1. The van der Waals surface area contributed by atoms with E-state index in [0.29, 0.717) is 5.56 Å². The van der Waals surface area contributed by atoms with E-state index in [1.807, 2.05) is 30.3 Å². The highest BCUT2D eigenvalue weighted by Gasteiger charge is 2.21. The summed E-state index contributed by atoms with van der Waals surface area (Å²) in [5.41, 5.74) is 10.8. The lowest BCUT2D eigenvalue weighted by atomic mass is 10.1. The number of rotatable bonds is 2. The van der Waals surface area contributed by atoms with Gasteiger partial charge in [-0.3, -0.25) is 0 Å². The summed E-state index contributed by atoms with van der Waals surface area (Å²) in [5, 5.41) is 0. The van der Waals surface area contributed by atoms with Crippen molar-refractivity contribution in [3.63, 3.8) is 0 Å². The van der Waals surface area contributed by atoms with Crippen molar-refractivity contribution in [2.24, 2.45) is 0 Å². The number of carbonyl (C=O) groups is 1. The van der Waals surface area contributed by atoms with Gasteiger partial charge in [0.15, 0.2) is 0 Å². The van der Waals surface area contributed by atoms with Gasteiger partial charge in [0, 0.05) is 24.5 Å². The Labute approximate surface area is 117 Å². The average molecular weight is 268 g/mol. The maximum atomic E-state index is 11.6. The molecule has 2 aromatic rings. The highest BCUT2D eigenvalue weighted by Crippen LogP contribution is 2.31. The second-order valence-corrected chi connectivity index (χ2v) is 4.88. The molecule has 2 aromatic carbocycles. The molecule has 0 fully saturated rings. The number of hydrogen-bond acceptors (Lipinski definition) is 4. The van der Waals surface area contributed by atoms with Gasteiger partial charge in [0.2, 0.25) is 0 Å². The number of hydrogen-bond donors (Lipinski definition) is 1. The van der Waals surface area contributed by atoms with Crippen LogP contribution in [0.5, 0.6) is 0 Å². The van der Waals surface area contributed by atoms with E-state index in [1.54, 1.807) is 6.07 Å². The zero-order valence-electron chi connectivity index (χ0n) is 11.3. The molecule has 0 atom stereocenters. The fourth-order valence-electron chi connectivity index (χ4n) is 2.58. The van der Waals surface area contributed by atoms with Crippen LogP contribution < -0.4 is 10.6 Å². The van der Waals surface area contributed by atoms with Gasteiger partial charge in [0.05, 0.1) is 12.7 Å². The van der Waals surface area contributed by atoms with E-state index in [4.69, 9.17) is 10.5 Å². The van der Waals surface area contributed by atoms with Crippen LogP contribution in [0.3, 0.4) is 0 Å². The fourth-order valence-corrected chi connectivity index (χ4v) is 2.58. The van der Waals surface area contributed by atoms with Crippen LogP contribution in [0.1, 0.15) is 21.5 Å². The Bertz CT molecular complexity index is 667. The molecule has 102 valence electrons. The fraction of sp³-hybridized carbons (Fsp3) is 0.188. The third kappa shape index (κ3) is 2.09. The van der Waals surface area contributed by atoms with Crippen molar-refractivity contribution < 1.29 is 9.53 Å². The summed E-state index contributed by atoms with van der Waals surface area (Å²) < 4.78 is 4.76. The Morgan fingerprint density at radius 3 is 2.75 bits per heavy atom. The van der Waals surface area contributed by atoms with E-state index in [-0.39, 0.29) is 5.97 Å². The van der Waals surface area contributed by atoms with Gasteiger partial charge < -0.3 is 15.4 Å². The minimum atomic E-state index is -0.317. The van der Waals surface area contributed by atoms with Gasteiger partial charge in [-0.1, -0.05) is 18.2 Å². The standard InChI is InChI=1S/C16H16N2O2/c1-20-16(19)11-4-2-6-13(8-11)18-9-12-5-3-7-15(17)14(12)10-18/h2-8H,9-10,17H2,1H3. The summed E-state index contributed by atoms with van der Waals surface area (Å²) in [5.74, 6) is -0.317. The summed E-state index contributed by atoms with van der Waals surface area (Å²) >= 11 is 0. The van der Waals surface area contributed by atoms with Gasteiger partial charge in [0.25, 0.3) is 0 Å². The Hall–Kier alpha value is -2.49. The van der Waals surface area contributed by atoms with Crippen LogP contribution in [0, 0.1) is 0 Å². The molecule has 0 unspecified atom stereocenters. The predicted molar refractivity (Wildman–Crippen MR) is 78.5 cm³/mol. The first-order valence-electron chi connectivity index (χ1n) is 6.48. The number of benzene rings is 2. The molecule has 0 aliphatic carbocycles. The molecule has 1 heterocycles. The molecular formula is C16H16N2O2. The third-order valence-corrected chi connectivity index (χ3v) is 3.65. The van der Waals surface area contributed by atoms with Gasteiger partial charge >= 0.3 is 5.97 Å². The highest BCUT2D eigenvalue weighted by molar-refractivity contribution is 5.90. The van der Waals surface area contributed by atoms with E-state index < -0.39 is 0 Å². The maximum absolute atomic E-state index is 11.6. The lowest BCUT2D eigenvalue weighted by Crippen LogP contribution is -2.15. The largest absolute Gasteiger partial charge is 0.465 e. The first-order chi connectivity index (χ1) is 9.69. The molecular weight excluding hydrogens is 252 g/mol. The van der Waals surface area contributed by atoms with Crippen molar-refractivity contribution in [3.8, 4) is 0 Å². The summed E-state index contributed by atoms with van der Waals surface area (Å²) in [6.45, 7) is 1.58. The Balaban J connectivity index is 1.90. The number of fused-ring (bicyclic) bond motifs is 1. The molecule has 4 heteroatoms. The number of esters is 1. The number of methoxy groups -OCH3 is 1. The smallest absolute Gasteiger partial charge is 0.337 e. The molecule has 0 amide bonds. The Morgan fingerprint density at radius 2 is 2.00 bits per heavy atom. The normalized spacial score (nSPS) is 13.2. The lowest BCUT2D eigenvalue weighted by molar-refractivity contribution is 0.0601. The number of nitrogens with zero attached hydrogens (tertiary/aromatic N) is 1. The predicted octanol–water partition coefficient (Wildman–Crippen LogP) is 2.58. The molecule has 3 rings (SSSR count). The molecule has 1 aliphatic rings. The zero-order chi connectivity index (χ0) is 14.1. The van der Waals surface area contributed by atoms with Crippen LogP contribution >= 0.6 is 0 Å². The molecule has 0 saturated heterocycles. The number of nitrogen functional groups attached to an aromatic ring is 1. The summed E-state index contributed by atoms with van der Waals surface area (Å²) in [7, 11) is 1.39. The second-order valence-electron chi connectivity index (χ2n) is 4.88. The zero-order valence-corrected chi connectivity index (χ0v) is 11.3. The van der Waals surface area contributed by atoms with Gasteiger partial charge in [-0.15, -0.1) is 0 Å². The number of nitrogens with two attached hydrogens (primary N) is 1. The van der Waals surface area contributed by atoms with E-state index in [1.165, 1.54) is 18.2 Å². The molecule has 1 aliphatic heterocycles. The molecule has 0 aromatic heterocycles. The van der Waals surface area contributed by atoms with Crippen molar-refractivity contribution in [2.75, 3.05) is 17.7 Å². The SMILES string of the molecule is COC(=O)c1cccc(N2Cc3cccc(N)c3C2)c1. The van der Waals surface area contributed by atoms with Gasteiger partial charge in [-0.2, -0.15) is 0 Å². The van der Waals surface area contributed by atoms with Crippen LogP contribution in [-0.2, 0) is 17.8 Å². The maximum Gasteiger partial charge on any atom is 0.337 e. The van der Waals surface area contributed by atoms with E-state index in [9.17, 15) is 4.79 Å². The monoisotopic (exact) mass is 268 g/mol. The quantitative estimate of drug-likeness (QED) is 0.672. The number of anilines is 2. The van der Waals surface area contributed by atoms with Crippen LogP contribution in [0.25, 0.3) is 0 Å². The van der Waals surface area contributed by atoms with E-state index in [2.05, 4.69) is 11.0 Å². The number of carbonyl (C=O) groups excluding carboxylic acids is 1. The van der Waals surface area contributed by atoms with Gasteiger partial charge in [-0.25, -0.2) is 4.79 Å². The molecule has 0 saturated carbocycles. The van der Waals surface area contributed by atoms with Crippen LogP contribution in [0.2, 0.25) is 0 Å². The van der Waals surface area contributed by atoms with Gasteiger partial charge in [0.1, 0.15) is 0 Å². The summed E-state index contributed by atoms with van der Waals surface area (Å²) in [6, 6.07) is 13.5. The van der Waals surface area contributed by atoms with Crippen molar-refractivity contribution in [3.05, 3.63) is 59.2 Å². The Kier molecular flexibility index (Phi) is 3.06. The minimum Gasteiger partial charge on any atom is -0.465 e. The van der Waals surface area contributed by atoms with Crippen molar-refractivity contribution in [1.82, 2.24) is 0 Å². The second kappa shape index (κ2) is 4.89. The Morgan fingerprint density at radius 1 is 1.20 bits per heavy atom. The first kappa shape index (κ1) is 12.5. The molecule has 0 bridgehead atoms. The van der Waals surface area contributed by atoms with E-state index >= 15 is 0 Å². The van der Waals surface area contributed by atoms with Crippen molar-refractivity contribution in [2.45, 2.75) is 13.1 Å². The van der Waals surface area contributed by atoms with Crippen molar-refractivity contribution >= 4 is 17.3 Å². The van der Waals surface area contributed by atoms with Crippen LogP contribution in [0.15, 0.2) is 42.5 Å². The summed E-state index contributed by atoms with van der Waals surface area (Å²) in [4.78, 5) is 13.8. The lowest BCUT2D eigenvalue weighted by Gasteiger charge is -2.18. The third-order valence-electron chi connectivity index (χ3n) is 3.65. The molecule has 20 heavy (non-hydrogen) atoms. The minimum absolute atomic E-state index is 0.317. The van der Waals surface area contributed by atoms with Gasteiger partial charge in [-0.05, 0) is 35.4 Å². The van der Waals surface area contributed by atoms with Crippen LogP contribution in [-0.4, -0.2) is 13.1 Å². The molecule has 0 spiro atoms. The first-order valence-corrected chi connectivity index (χ1v) is 6.48. The molecule has 4 nitrogen and oxygen atoms in total. The summed E-state index contributed by atoms with van der Waals surface area (Å²) in [6.07, 6.45) is 0.